The first-order valence-corrected chi connectivity index (χ1v) is 9.75. The number of imide groups is 1. The van der Waals surface area contributed by atoms with Crippen molar-refractivity contribution in [2.45, 2.75) is 33.8 Å². The van der Waals surface area contributed by atoms with Gasteiger partial charge in [0, 0.05) is 11.3 Å². The lowest BCUT2D eigenvalue weighted by Crippen LogP contribution is -2.41. The molecule has 3 rings (SSSR count). The summed E-state index contributed by atoms with van der Waals surface area (Å²) in [5.41, 5.74) is 5.15. The van der Waals surface area contributed by atoms with E-state index >= 15 is 0 Å². The molecule has 2 aromatic carbocycles. The number of amides is 3. The number of ether oxygens (including phenoxy) is 1. The van der Waals surface area contributed by atoms with Crippen LogP contribution >= 0.6 is 0 Å². The Morgan fingerprint density at radius 2 is 1.65 bits per heavy atom. The van der Waals surface area contributed by atoms with E-state index in [1.165, 1.54) is 6.92 Å². The fourth-order valence-electron chi connectivity index (χ4n) is 2.90. The number of H-pyrrole nitrogens is 1. The fraction of sp³-hybridized carbons (Fsp3) is 0.217. The van der Waals surface area contributed by atoms with Gasteiger partial charge in [0.15, 0.2) is 6.10 Å². The second-order valence-electron chi connectivity index (χ2n) is 7.34. The van der Waals surface area contributed by atoms with Crippen molar-refractivity contribution < 1.29 is 19.1 Å². The summed E-state index contributed by atoms with van der Waals surface area (Å²) in [7, 11) is 0. The Bertz CT molecular complexity index is 1120. The number of aryl methyl sites for hydroxylation is 3. The van der Waals surface area contributed by atoms with Crippen LogP contribution in [0.25, 0.3) is 11.3 Å². The Morgan fingerprint density at radius 3 is 2.32 bits per heavy atom. The fourth-order valence-corrected chi connectivity index (χ4v) is 2.90. The van der Waals surface area contributed by atoms with Crippen LogP contribution in [0.3, 0.4) is 0 Å². The van der Waals surface area contributed by atoms with Crippen LogP contribution in [-0.4, -0.2) is 34.2 Å². The molecule has 8 heteroatoms. The van der Waals surface area contributed by atoms with Crippen molar-refractivity contribution in [1.29, 1.82) is 0 Å². The molecule has 3 amide bonds. The Labute approximate surface area is 180 Å². The van der Waals surface area contributed by atoms with Crippen LogP contribution in [0, 0.1) is 20.8 Å². The van der Waals surface area contributed by atoms with E-state index < -0.39 is 24.0 Å². The summed E-state index contributed by atoms with van der Waals surface area (Å²) >= 11 is 0. The Morgan fingerprint density at radius 1 is 0.968 bits per heavy atom. The first-order chi connectivity index (χ1) is 14.7. The number of carbonyl (C=O) groups is 3. The number of hydrogen-bond donors (Lipinski definition) is 3. The second kappa shape index (κ2) is 9.25. The molecule has 1 atom stereocenters. The number of esters is 1. The van der Waals surface area contributed by atoms with Crippen LogP contribution in [0.15, 0.2) is 48.5 Å². The van der Waals surface area contributed by atoms with Crippen molar-refractivity contribution in [3.63, 3.8) is 0 Å². The highest BCUT2D eigenvalue weighted by molar-refractivity contribution is 6.03. The minimum Gasteiger partial charge on any atom is -0.448 e. The predicted molar refractivity (Wildman–Crippen MR) is 117 cm³/mol. The second-order valence-corrected chi connectivity index (χ2v) is 7.34. The van der Waals surface area contributed by atoms with Gasteiger partial charge in [0.2, 0.25) is 0 Å². The zero-order chi connectivity index (χ0) is 22.5. The lowest BCUT2D eigenvalue weighted by molar-refractivity contribution is -0.127. The van der Waals surface area contributed by atoms with E-state index in [1.807, 2.05) is 57.2 Å². The van der Waals surface area contributed by atoms with Crippen molar-refractivity contribution in [3.8, 4) is 11.3 Å². The van der Waals surface area contributed by atoms with E-state index in [1.54, 1.807) is 12.1 Å². The largest absolute Gasteiger partial charge is 0.448 e. The number of carbonyl (C=O) groups excluding carboxylic acids is 3. The molecule has 0 bridgehead atoms. The quantitative estimate of drug-likeness (QED) is 0.542. The van der Waals surface area contributed by atoms with E-state index in [-0.39, 0.29) is 5.69 Å². The normalized spacial score (nSPS) is 11.5. The molecule has 8 nitrogen and oxygen atoms in total. The van der Waals surface area contributed by atoms with Crippen LogP contribution < -0.4 is 10.6 Å². The molecule has 0 spiro atoms. The Balaban J connectivity index is 1.56. The number of anilines is 1. The number of urea groups is 1. The highest BCUT2D eigenvalue weighted by Gasteiger charge is 2.22. The molecule has 1 unspecified atom stereocenters. The van der Waals surface area contributed by atoms with Crippen molar-refractivity contribution in [2.24, 2.45) is 0 Å². The summed E-state index contributed by atoms with van der Waals surface area (Å²) < 4.78 is 5.15. The third kappa shape index (κ3) is 5.57. The smallest absolute Gasteiger partial charge is 0.357 e. The molecule has 160 valence electrons. The zero-order valence-electron chi connectivity index (χ0n) is 17.8. The minimum absolute atomic E-state index is 0.106. The van der Waals surface area contributed by atoms with Gasteiger partial charge in [0.05, 0.1) is 5.69 Å². The van der Waals surface area contributed by atoms with E-state index in [2.05, 4.69) is 20.8 Å². The third-order valence-electron chi connectivity index (χ3n) is 4.66. The van der Waals surface area contributed by atoms with Crippen LogP contribution in [0.1, 0.15) is 34.1 Å². The highest BCUT2D eigenvalue weighted by Crippen LogP contribution is 2.19. The van der Waals surface area contributed by atoms with Crippen molar-refractivity contribution >= 4 is 23.6 Å². The maximum atomic E-state index is 12.3. The lowest BCUT2D eigenvalue weighted by Gasteiger charge is -2.13. The molecule has 1 heterocycles. The monoisotopic (exact) mass is 420 g/mol. The third-order valence-corrected chi connectivity index (χ3v) is 4.66. The molecule has 31 heavy (non-hydrogen) atoms. The van der Waals surface area contributed by atoms with Gasteiger partial charge in [0.1, 0.15) is 5.69 Å². The summed E-state index contributed by atoms with van der Waals surface area (Å²) in [6.07, 6.45) is -1.18. The van der Waals surface area contributed by atoms with Crippen molar-refractivity contribution in [3.05, 3.63) is 70.9 Å². The molecular weight excluding hydrogens is 396 g/mol. The average molecular weight is 420 g/mol. The SMILES string of the molecule is Cc1ccc(-c2cc(C(=O)OC(C)C(=O)NC(=O)Nc3ccc(C)cc3C)[nH]n2)cc1. The zero-order valence-corrected chi connectivity index (χ0v) is 17.8. The van der Waals surface area contributed by atoms with Crippen LogP contribution in [0.4, 0.5) is 10.5 Å². The number of aromatic nitrogens is 2. The van der Waals surface area contributed by atoms with Gasteiger partial charge in [0.25, 0.3) is 5.91 Å². The van der Waals surface area contributed by atoms with Gasteiger partial charge in [-0.25, -0.2) is 9.59 Å². The van der Waals surface area contributed by atoms with Gasteiger partial charge >= 0.3 is 12.0 Å². The van der Waals surface area contributed by atoms with Gasteiger partial charge in [-0.1, -0.05) is 47.5 Å². The first kappa shape index (κ1) is 21.8. The van der Waals surface area contributed by atoms with Gasteiger partial charge in [-0.05, 0) is 45.4 Å². The van der Waals surface area contributed by atoms with E-state index in [0.29, 0.717) is 11.4 Å². The summed E-state index contributed by atoms with van der Waals surface area (Å²) in [6.45, 7) is 7.16. The molecular formula is C23H24N4O4. The molecule has 0 radical (unpaired) electrons. The predicted octanol–water partition coefficient (Wildman–Crippen LogP) is 3.90. The maximum Gasteiger partial charge on any atom is 0.357 e. The number of benzene rings is 2. The molecule has 0 aliphatic carbocycles. The van der Waals surface area contributed by atoms with Gasteiger partial charge in [-0.3, -0.25) is 15.2 Å². The number of hydrogen-bond acceptors (Lipinski definition) is 5. The van der Waals surface area contributed by atoms with Crippen molar-refractivity contribution in [2.75, 3.05) is 5.32 Å². The van der Waals surface area contributed by atoms with Gasteiger partial charge in [-0.2, -0.15) is 5.10 Å². The molecule has 0 aliphatic rings. The minimum atomic E-state index is -1.18. The number of nitrogens with zero attached hydrogens (tertiary/aromatic N) is 1. The molecule has 0 aliphatic heterocycles. The van der Waals surface area contributed by atoms with Crippen LogP contribution in [0.2, 0.25) is 0 Å². The average Bonchev–Trinajstić information content (AvgIpc) is 3.21. The number of aromatic amines is 1. The summed E-state index contributed by atoms with van der Waals surface area (Å²) in [6, 6.07) is 14.0. The van der Waals surface area contributed by atoms with Crippen LogP contribution in [-0.2, 0) is 9.53 Å². The Kier molecular flexibility index (Phi) is 6.49. The molecule has 1 aromatic heterocycles. The number of rotatable bonds is 5. The summed E-state index contributed by atoms with van der Waals surface area (Å²) in [4.78, 5) is 36.7. The van der Waals surface area contributed by atoms with Crippen LogP contribution in [0.5, 0.6) is 0 Å². The standard InChI is InChI=1S/C23H24N4O4/c1-13-5-8-17(9-6-13)19-12-20(27-26-19)22(29)31-16(4)21(28)25-23(30)24-18-10-7-14(2)11-15(18)3/h5-12,16H,1-4H3,(H,26,27)(H2,24,25,28,30). The van der Waals surface area contributed by atoms with Crippen molar-refractivity contribution in [1.82, 2.24) is 15.5 Å². The Hall–Kier alpha value is -3.94. The van der Waals surface area contributed by atoms with E-state index in [0.717, 1.165) is 22.3 Å². The highest BCUT2D eigenvalue weighted by atomic mass is 16.5. The summed E-state index contributed by atoms with van der Waals surface area (Å²) in [5, 5.41) is 11.5. The number of nitrogens with one attached hydrogen (secondary N) is 3. The van der Waals surface area contributed by atoms with E-state index in [4.69, 9.17) is 4.74 Å². The molecule has 3 aromatic rings. The van der Waals surface area contributed by atoms with Gasteiger partial charge < -0.3 is 10.1 Å². The summed E-state index contributed by atoms with van der Waals surface area (Å²) in [5.74, 6) is -1.49. The molecule has 0 saturated heterocycles. The molecule has 0 fully saturated rings. The first-order valence-electron chi connectivity index (χ1n) is 9.75. The topological polar surface area (TPSA) is 113 Å². The maximum absolute atomic E-state index is 12.3. The molecule has 3 N–H and O–H groups in total. The van der Waals surface area contributed by atoms with Gasteiger partial charge in [-0.15, -0.1) is 0 Å². The lowest BCUT2D eigenvalue weighted by atomic mass is 10.1. The molecule has 0 saturated carbocycles. The van der Waals surface area contributed by atoms with E-state index in [9.17, 15) is 14.4 Å².